The molecule has 0 fully saturated rings. The van der Waals surface area contributed by atoms with E-state index in [1.165, 1.54) is 11.3 Å². The van der Waals surface area contributed by atoms with E-state index < -0.39 is 10.0 Å². The van der Waals surface area contributed by atoms with Crippen molar-refractivity contribution >= 4 is 38.3 Å². The molecule has 3 rings (SSSR count). The highest BCUT2D eigenvalue weighted by Crippen LogP contribution is 2.32. The zero-order valence-corrected chi connectivity index (χ0v) is 14.0. The van der Waals surface area contributed by atoms with Gasteiger partial charge in [0.05, 0.1) is 28.0 Å². The van der Waals surface area contributed by atoms with E-state index in [2.05, 4.69) is 9.71 Å². The van der Waals surface area contributed by atoms with Crippen molar-refractivity contribution in [2.75, 3.05) is 11.0 Å². The third kappa shape index (κ3) is 2.94. The number of anilines is 1. The molecule has 2 heterocycles. The van der Waals surface area contributed by atoms with Crippen molar-refractivity contribution in [2.45, 2.75) is 29.2 Å². The van der Waals surface area contributed by atoms with Gasteiger partial charge < -0.3 is 4.74 Å². The lowest BCUT2D eigenvalue weighted by molar-refractivity contribution is 0.134. The minimum absolute atomic E-state index is 0.241. The SMILES string of the molecule is CSc1sc(NS(=O)(=O)c2ccc3c(c2)COC3)nc1C. The second kappa shape index (κ2) is 5.60. The Hall–Kier alpha value is -1.09. The van der Waals surface area contributed by atoms with E-state index in [9.17, 15) is 8.42 Å². The zero-order valence-electron chi connectivity index (χ0n) is 11.5. The Morgan fingerprint density at radius 1 is 1.33 bits per heavy atom. The molecule has 0 aliphatic carbocycles. The van der Waals surface area contributed by atoms with Crippen LogP contribution in [-0.4, -0.2) is 19.7 Å². The number of nitrogens with zero attached hydrogens (tertiary/aromatic N) is 1. The second-order valence-corrected chi connectivity index (χ2v) is 8.38. The van der Waals surface area contributed by atoms with E-state index in [-0.39, 0.29) is 4.90 Å². The minimum Gasteiger partial charge on any atom is -0.372 e. The lowest BCUT2D eigenvalue weighted by Crippen LogP contribution is -2.13. The molecule has 0 saturated carbocycles. The van der Waals surface area contributed by atoms with E-state index in [4.69, 9.17) is 4.74 Å². The minimum atomic E-state index is -3.61. The fourth-order valence-electron chi connectivity index (χ4n) is 2.10. The van der Waals surface area contributed by atoms with Crippen molar-refractivity contribution in [2.24, 2.45) is 0 Å². The molecule has 0 unspecified atom stereocenters. The molecular formula is C13H14N2O3S3. The third-order valence-corrected chi connectivity index (χ3v) is 6.91. The van der Waals surface area contributed by atoms with Gasteiger partial charge in [-0.1, -0.05) is 17.4 Å². The summed E-state index contributed by atoms with van der Waals surface area (Å²) in [5.41, 5.74) is 2.81. The van der Waals surface area contributed by atoms with E-state index >= 15 is 0 Å². The van der Waals surface area contributed by atoms with Crippen LogP contribution in [0.4, 0.5) is 5.13 Å². The molecule has 1 aromatic heterocycles. The summed E-state index contributed by atoms with van der Waals surface area (Å²) in [6.45, 7) is 2.88. The Morgan fingerprint density at radius 3 is 2.81 bits per heavy atom. The predicted octanol–water partition coefficient (Wildman–Crippen LogP) is 3.00. The number of aryl methyl sites for hydroxylation is 1. The van der Waals surface area contributed by atoms with Crippen LogP contribution in [0.3, 0.4) is 0 Å². The molecule has 0 radical (unpaired) electrons. The first-order valence-electron chi connectivity index (χ1n) is 6.23. The molecule has 1 aromatic carbocycles. The Kier molecular flexibility index (Phi) is 3.96. The smallest absolute Gasteiger partial charge is 0.263 e. The van der Waals surface area contributed by atoms with Gasteiger partial charge in [-0.25, -0.2) is 13.4 Å². The van der Waals surface area contributed by atoms with Crippen LogP contribution < -0.4 is 4.72 Å². The van der Waals surface area contributed by atoms with Gasteiger partial charge in [-0.15, -0.1) is 11.8 Å². The Balaban J connectivity index is 1.89. The number of hydrogen-bond donors (Lipinski definition) is 1. The zero-order chi connectivity index (χ0) is 15.0. The number of thioether (sulfide) groups is 1. The number of hydrogen-bond acceptors (Lipinski definition) is 6. The van der Waals surface area contributed by atoms with Gasteiger partial charge in [-0.2, -0.15) is 0 Å². The summed E-state index contributed by atoms with van der Waals surface area (Å²) >= 11 is 2.90. The Bertz CT molecular complexity index is 784. The first-order valence-corrected chi connectivity index (χ1v) is 9.76. The van der Waals surface area contributed by atoms with Crippen molar-refractivity contribution in [3.05, 3.63) is 35.0 Å². The van der Waals surface area contributed by atoms with Crippen molar-refractivity contribution < 1.29 is 13.2 Å². The fraction of sp³-hybridized carbons (Fsp3) is 0.308. The van der Waals surface area contributed by atoms with Gasteiger partial charge >= 0.3 is 0 Å². The molecule has 1 aliphatic heterocycles. The van der Waals surface area contributed by atoms with Crippen LogP contribution in [0.1, 0.15) is 16.8 Å². The predicted molar refractivity (Wildman–Crippen MR) is 84.4 cm³/mol. The Morgan fingerprint density at radius 2 is 2.10 bits per heavy atom. The van der Waals surface area contributed by atoms with Crippen LogP contribution in [0.25, 0.3) is 0 Å². The molecule has 8 heteroatoms. The van der Waals surface area contributed by atoms with Gasteiger partial charge in [-0.05, 0) is 36.4 Å². The second-order valence-electron chi connectivity index (χ2n) is 4.62. The van der Waals surface area contributed by atoms with Gasteiger partial charge in [-0.3, -0.25) is 4.72 Å². The number of thiazole rings is 1. The lowest BCUT2D eigenvalue weighted by atomic mass is 10.1. The molecule has 0 saturated heterocycles. The normalized spacial score (nSPS) is 14.2. The fourth-order valence-corrected chi connectivity index (χ4v) is 5.00. The number of fused-ring (bicyclic) bond motifs is 1. The van der Waals surface area contributed by atoms with Crippen molar-refractivity contribution in [1.82, 2.24) is 4.98 Å². The molecule has 2 aromatic rings. The summed E-state index contributed by atoms with van der Waals surface area (Å²) in [7, 11) is -3.61. The molecule has 1 aliphatic rings. The highest BCUT2D eigenvalue weighted by atomic mass is 32.2. The van der Waals surface area contributed by atoms with Crippen molar-refractivity contribution in [1.29, 1.82) is 0 Å². The summed E-state index contributed by atoms with van der Waals surface area (Å²) in [6, 6.07) is 5.07. The summed E-state index contributed by atoms with van der Waals surface area (Å²) in [5.74, 6) is 0. The molecule has 0 bridgehead atoms. The summed E-state index contributed by atoms with van der Waals surface area (Å²) < 4.78 is 33.7. The molecule has 0 amide bonds. The molecule has 5 nitrogen and oxygen atoms in total. The van der Waals surface area contributed by atoms with Gasteiger partial charge in [0.25, 0.3) is 10.0 Å². The molecule has 112 valence electrons. The van der Waals surface area contributed by atoms with E-state index in [0.29, 0.717) is 18.3 Å². The van der Waals surface area contributed by atoms with Crippen LogP contribution in [-0.2, 0) is 28.0 Å². The average molecular weight is 342 g/mol. The number of sulfonamides is 1. The Labute approximate surface area is 131 Å². The molecule has 0 atom stereocenters. The standard InChI is InChI=1S/C13H14N2O3S3/c1-8-12(19-2)20-13(14-8)15-21(16,17)11-4-3-9-6-18-7-10(9)5-11/h3-5H,6-7H2,1-2H3,(H,14,15). The summed E-state index contributed by atoms with van der Waals surface area (Å²) in [5, 5.41) is 0.397. The van der Waals surface area contributed by atoms with Gasteiger partial charge in [0.2, 0.25) is 0 Å². The van der Waals surface area contributed by atoms with Crippen LogP contribution in [0, 0.1) is 6.92 Å². The average Bonchev–Trinajstić information content (AvgIpc) is 3.03. The highest BCUT2D eigenvalue weighted by molar-refractivity contribution is 8.00. The summed E-state index contributed by atoms with van der Waals surface area (Å²) in [4.78, 5) is 4.49. The van der Waals surface area contributed by atoms with Crippen LogP contribution in [0.15, 0.2) is 27.3 Å². The van der Waals surface area contributed by atoms with Gasteiger partial charge in [0.1, 0.15) is 0 Å². The number of benzene rings is 1. The van der Waals surface area contributed by atoms with Crippen molar-refractivity contribution in [3.8, 4) is 0 Å². The quantitative estimate of drug-likeness (QED) is 0.865. The van der Waals surface area contributed by atoms with E-state index in [0.717, 1.165) is 21.0 Å². The molecule has 21 heavy (non-hydrogen) atoms. The maximum Gasteiger partial charge on any atom is 0.263 e. The first kappa shape index (κ1) is 14.8. The van der Waals surface area contributed by atoms with Gasteiger partial charge in [0, 0.05) is 0 Å². The maximum atomic E-state index is 12.4. The molecular weight excluding hydrogens is 328 g/mol. The van der Waals surface area contributed by atoms with Crippen LogP contribution >= 0.6 is 23.1 Å². The van der Waals surface area contributed by atoms with Crippen molar-refractivity contribution in [3.63, 3.8) is 0 Å². The van der Waals surface area contributed by atoms with E-state index in [1.807, 2.05) is 13.2 Å². The van der Waals surface area contributed by atoms with E-state index in [1.54, 1.807) is 30.0 Å². The number of ether oxygens (including phenoxy) is 1. The topological polar surface area (TPSA) is 68.3 Å². The number of rotatable bonds is 4. The monoisotopic (exact) mass is 342 g/mol. The van der Waals surface area contributed by atoms with Gasteiger partial charge in [0.15, 0.2) is 5.13 Å². The third-order valence-electron chi connectivity index (χ3n) is 3.16. The molecule has 1 N–H and O–H groups in total. The number of aromatic nitrogens is 1. The molecule has 0 spiro atoms. The highest BCUT2D eigenvalue weighted by Gasteiger charge is 2.20. The first-order chi connectivity index (χ1) is 9.99. The largest absolute Gasteiger partial charge is 0.372 e. The van der Waals surface area contributed by atoms with Crippen LogP contribution in [0.2, 0.25) is 0 Å². The lowest BCUT2D eigenvalue weighted by Gasteiger charge is -2.06. The van der Waals surface area contributed by atoms with Crippen LogP contribution in [0.5, 0.6) is 0 Å². The maximum absolute atomic E-state index is 12.4. The summed E-state index contributed by atoms with van der Waals surface area (Å²) in [6.07, 6.45) is 1.94. The number of nitrogens with one attached hydrogen (secondary N) is 1.